The van der Waals surface area contributed by atoms with Crippen LogP contribution < -0.4 is 5.32 Å². The minimum atomic E-state index is -1.79. The Bertz CT molecular complexity index is 725. The molecule has 25 heavy (non-hydrogen) atoms. The van der Waals surface area contributed by atoms with E-state index in [9.17, 15) is 4.79 Å². The van der Waals surface area contributed by atoms with Crippen LogP contribution in [0.4, 0.5) is 0 Å². The number of fused-ring (bicyclic) bond motifs is 1. The molecule has 0 saturated carbocycles. The van der Waals surface area contributed by atoms with E-state index in [0.29, 0.717) is 16.6 Å². The second-order valence-electron chi connectivity index (χ2n) is 8.02. The Morgan fingerprint density at radius 2 is 1.60 bits per heavy atom. The molecule has 134 valence electrons. The lowest BCUT2D eigenvalue weighted by atomic mass is 10.1. The van der Waals surface area contributed by atoms with Crippen molar-refractivity contribution in [2.75, 3.05) is 0 Å². The van der Waals surface area contributed by atoms with Gasteiger partial charge < -0.3 is 5.32 Å². The van der Waals surface area contributed by atoms with Crippen molar-refractivity contribution in [1.82, 2.24) is 5.32 Å². The number of benzene rings is 1. The number of carbonyl (C=O) groups excluding carboxylic acids is 1. The average Bonchev–Trinajstić information content (AvgIpc) is 2.83. The van der Waals surface area contributed by atoms with Gasteiger partial charge in [0.25, 0.3) is 0 Å². The first-order valence-electron chi connectivity index (χ1n) is 9.32. The van der Waals surface area contributed by atoms with Crippen LogP contribution in [0.5, 0.6) is 0 Å². The van der Waals surface area contributed by atoms with Gasteiger partial charge in [0.05, 0.1) is 5.57 Å². The van der Waals surface area contributed by atoms with Crippen molar-refractivity contribution in [3.05, 3.63) is 41.1 Å². The number of hydrogen-bond donors (Lipinski definition) is 1. The Kier molecular flexibility index (Phi) is 5.95. The van der Waals surface area contributed by atoms with Crippen molar-refractivity contribution in [2.45, 2.75) is 71.5 Å². The highest BCUT2D eigenvalue weighted by molar-refractivity contribution is 6.90. The van der Waals surface area contributed by atoms with Crippen molar-refractivity contribution in [2.24, 2.45) is 0 Å². The quantitative estimate of drug-likeness (QED) is 0.577. The molecule has 1 aromatic carbocycles. The van der Waals surface area contributed by atoms with Gasteiger partial charge in [-0.25, -0.2) is 0 Å². The number of carbonyl (C=O) groups is 1. The lowest BCUT2D eigenvalue weighted by molar-refractivity contribution is -0.118. The molecule has 3 heteroatoms. The Morgan fingerprint density at radius 1 is 1.04 bits per heavy atom. The Labute approximate surface area is 154 Å². The van der Waals surface area contributed by atoms with E-state index in [1.54, 1.807) is 6.92 Å². The summed E-state index contributed by atoms with van der Waals surface area (Å²) in [6, 6.07) is 8.35. The van der Waals surface area contributed by atoms with E-state index < -0.39 is 8.07 Å². The third-order valence-corrected chi connectivity index (χ3v) is 11.8. The molecule has 1 aliphatic rings. The molecule has 0 heterocycles. The van der Waals surface area contributed by atoms with Crippen LogP contribution in [-0.4, -0.2) is 14.0 Å². The smallest absolute Gasteiger partial charge is 0.221 e. The largest absolute Gasteiger partial charge is 0.328 e. The van der Waals surface area contributed by atoms with Gasteiger partial charge in [0.2, 0.25) is 5.91 Å². The van der Waals surface area contributed by atoms with Crippen LogP contribution >= 0.6 is 0 Å². The van der Waals surface area contributed by atoms with Crippen LogP contribution in [-0.2, 0) is 11.2 Å². The molecule has 1 amide bonds. The maximum atomic E-state index is 11.6. The molecule has 0 radical (unpaired) electrons. The van der Waals surface area contributed by atoms with Crippen molar-refractivity contribution >= 4 is 19.6 Å². The van der Waals surface area contributed by atoms with Gasteiger partial charge in [0.15, 0.2) is 0 Å². The normalized spacial score (nSPS) is 14.0. The summed E-state index contributed by atoms with van der Waals surface area (Å²) in [5.41, 5.74) is 10.00. The minimum Gasteiger partial charge on any atom is -0.328 e. The molecule has 0 atom stereocenters. The molecule has 0 unspecified atom stereocenters. The zero-order valence-electron chi connectivity index (χ0n) is 16.7. The number of rotatable bonds is 4. The first kappa shape index (κ1) is 19.5. The molecule has 0 spiro atoms. The van der Waals surface area contributed by atoms with E-state index >= 15 is 0 Å². The molecular weight excluding hydrogens is 322 g/mol. The molecule has 1 aromatic rings. The maximum Gasteiger partial charge on any atom is 0.221 e. The fraction of sp³-hybridized carbons (Fsp3) is 0.500. The van der Waals surface area contributed by atoms with Gasteiger partial charge in [0.1, 0.15) is 8.07 Å². The van der Waals surface area contributed by atoms with Crippen LogP contribution in [0.2, 0.25) is 16.6 Å². The topological polar surface area (TPSA) is 29.1 Å². The van der Waals surface area contributed by atoms with Crippen LogP contribution in [0.25, 0.3) is 5.57 Å². The van der Waals surface area contributed by atoms with E-state index in [1.807, 2.05) is 0 Å². The summed E-state index contributed by atoms with van der Waals surface area (Å²) in [5, 5.41) is 3.02. The molecule has 1 N–H and O–H groups in total. The first-order valence-corrected chi connectivity index (χ1v) is 11.6. The monoisotopic (exact) mass is 353 g/mol. The van der Waals surface area contributed by atoms with Gasteiger partial charge >= 0.3 is 0 Å². The van der Waals surface area contributed by atoms with Crippen molar-refractivity contribution in [1.29, 1.82) is 0 Å². The standard InChI is InChI=1S/C22H31NOSi/c1-15(2)25(16(3)4,17(5)6)13-12-21-20-11-9-8-10-19(20)14-22(21)23-18(7)24/h8-11,15-17H,14H2,1-7H3,(H,23,24). The average molecular weight is 354 g/mol. The van der Waals surface area contributed by atoms with E-state index in [2.05, 4.69) is 82.6 Å². The Hall–Kier alpha value is -1.79. The fourth-order valence-corrected chi connectivity index (χ4v) is 9.63. The molecule has 0 saturated heterocycles. The minimum absolute atomic E-state index is 0.0257. The van der Waals surface area contributed by atoms with E-state index in [4.69, 9.17) is 0 Å². The Morgan fingerprint density at radius 3 is 2.12 bits per heavy atom. The summed E-state index contributed by atoms with van der Waals surface area (Å²) in [4.78, 5) is 11.6. The lowest BCUT2D eigenvalue weighted by Crippen LogP contribution is -2.43. The molecule has 0 aromatic heterocycles. The fourth-order valence-electron chi connectivity index (χ4n) is 4.43. The highest BCUT2D eigenvalue weighted by Gasteiger charge is 2.41. The summed E-state index contributed by atoms with van der Waals surface area (Å²) < 4.78 is 0. The van der Waals surface area contributed by atoms with Crippen LogP contribution in [0.1, 0.15) is 59.6 Å². The van der Waals surface area contributed by atoms with E-state index in [-0.39, 0.29) is 5.91 Å². The maximum absolute atomic E-state index is 11.6. The van der Waals surface area contributed by atoms with Gasteiger partial charge in [-0.1, -0.05) is 71.7 Å². The molecular formula is C22H31NOSi. The first-order chi connectivity index (χ1) is 11.7. The molecule has 0 aliphatic heterocycles. The van der Waals surface area contributed by atoms with E-state index in [1.165, 1.54) is 11.1 Å². The van der Waals surface area contributed by atoms with Crippen molar-refractivity contribution < 1.29 is 4.79 Å². The molecule has 2 rings (SSSR count). The van der Waals surface area contributed by atoms with E-state index in [0.717, 1.165) is 17.7 Å². The highest BCUT2D eigenvalue weighted by atomic mass is 28.3. The summed E-state index contributed by atoms with van der Waals surface area (Å²) in [6.07, 6.45) is 0.763. The number of amides is 1. The summed E-state index contributed by atoms with van der Waals surface area (Å²) in [5.74, 6) is 3.53. The van der Waals surface area contributed by atoms with Crippen LogP contribution in [0.3, 0.4) is 0 Å². The van der Waals surface area contributed by atoms with Gasteiger partial charge in [-0.3, -0.25) is 4.79 Å². The SMILES string of the molecule is CC(=O)NC1=C(C#C[Si](C(C)C)(C(C)C)C(C)C)c2ccccc2C1. The second kappa shape index (κ2) is 7.62. The molecule has 2 nitrogen and oxygen atoms in total. The second-order valence-corrected chi connectivity index (χ2v) is 13.6. The van der Waals surface area contributed by atoms with Gasteiger partial charge in [-0.05, 0) is 27.8 Å². The predicted octanol–water partition coefficient (Wildman–Crippen LogP) is 5.31. The summed E-state index contributed by atoms with van der Waals surface area (Å²) in [7, 11) is -1.79. The molecule has 0 bridgehead atoms. The lowest BCUT2D eigenvalue weighted by Gasteiger charge is -2.38. The molecule has 1 aliphatic carbocycles. The Balaban J connectivity index is 2.58. The van der Waals surface area contributed by atoms with Crippen LogP contribution in [0.15, 0.2) is 30.0 Å². The zero-order chi connectivity index (χ0) is 18.8. The van der Waals surface area contributed by atoms with Crippen LogP contribution in [0, 0.1) is 11.5 Å². The zero-order valence-corrected chi connectivity index (χ0v) is 17.7. The number of nitrogens with one attached hydrogen (secondary N) is 1. The summed E-state index contributed by atoms with van der Waals surface area (Å²) >= 11 is 0. The highest BCUT2D eigenvalue weighted by Crippen LogP contribution is 2.41. The third-order valence-electron chi connectivity index (χ3n) is 5.55. The van der Waals surface area contributed by atoms with Gasteiger partial charge in [-0.2, -0.15) is 0 Å². The van der Waals surface area contributed by atoms with Crippen molar-refractivity contribution in [3.63, 3.8) is 0 Å². The van der Waals surface area contributed by atoms with Gasteiger partial charge in [-0.15, -0.1) is 5.54 Å². The number of hydrogen-bond acceptors (Lipinski definition) is 1. The molecule has 0 fully saturated rings. The predicted molar refractivity (Wildman–Crippen MR) is 110 cm³/mol. The summed E-state index contributed by atoms with van der Waals surface area (Å²) in [6.45, 7) is 15.5. The third kappa shape index (κ3) is 3.74. The van der Waals surface area contributed by atoms with Crippen molar-refractivity contribution in [3.8, 4) is 11.5 Å². The van der Waals surface area contributed by atoms with Gasteiger partial charge in [0, 0.05) is 19.0 Å². The number of allylic oxidation sites excluding steroid dienone is 2.